The Morgan fingerprint density at radius 1 is 1.33 bits per heavy atom. The molecule has 0 radical (unpaired) electrons. The minimum Gasteiger partial charge on any atom is -0.356 e. The van der Waals surface area contributed by atoms with Crippen molar-refractivity contribution in [1.29, 1.82) is 0 Å². The number of carbonyl (C=O) groups is 2. The van der Waals surface area contributed by atoms with Gasteiger partial charge in [0.15, 0.2) is 0 Å². The number of H-pyrrole nitrogens is 1. The second kappa shape index (κ2) is 8.95. The van der Waals surface area contributed by atoms with Gasteiger partial charge in [-0.2, -0.15) is 0 Å². The van der Waals surface area contributed by atoms with Crippen LogP contribution in [0.15, 0.2) is 24.4 Å². The molecule has 3 aromatic rings. The Hall–Kier alpha value is -2.74. The van der Waals surface area contributed by atoms with Gasteiger partial charge in [-0.1, -0.05) is 0 Å². The van der Waals surface area contributed by atoms with E-state index in [1.165, 1.54) is 4.88 Å². The molecule has 1 aliphatic rings. The predicted molar refractivity (Wildman–Crippen MR) is 118 cm³/mol. The summed E-state index contributed by atoms with van der Waals surface area (Å²) >= 11 is 1.67. The molecular weight excluding hydrogens is 398 g/mol. The second-order valence-corrected chi connectivity index (χ2v) is 9.30. The molecule has 7 nitrogen and oxygen atoms in total. The number of aromatic nitrogens is 3. The molecule has 2 N–H and O–H groups in total. The Balaban J connectivity index is 1.29. The largest absolute Gasteiger partial charge is 0.356 e. The Bertz CT molecular complexity index is 1060. The Morgan fingerprint density at radius 3 is 3.00 bits per heavy atom. The molecule has 1 fully saturated rings. The minimum atomic E-state index is 0.0217. The zero-order valence-electron chi connectivity index (χ0n) is 17.4. The van der Waals surface area contributed by atoms with Gasteiger partial charge in [0.25, 0.3) is 5.91 Å². The summed E-state index contributed by atoms with van der Waals surface area (Å²) in [5.41, 5.74) is 2.40. The second-order valence-electron chi connectivity index (χ2n) is 7.98. The first kappa shape index (κ1) is 20.5. The molecule has 4 rings (SSSR count). The van der Waals surface area contributed by atoms with Crippen LogP contribution in [-0.2, 0) is 11.2 Å². The number of imidazole rings is 1. The zero-order valence-corrected chi connectivity index (χ0v) is 18.2. The number of hydrogen-bond donors (Lipinski definition) is 2. The number of aromatic amines is 1. The Labute approximate surface area is 179 Å². The average molecular weight is 426 g/mol. The molecular formula is C22H27N5O2S. The van der Waals surface area contributed by atoms with E-state index in [9.17, 15) is 9.59 Å². The average Bonchev–Trinajstić information content (AvgIpc) is 3.31. The molecule has 8 heteroatoms. The van der Waals surface area contributed by atoms with Gasteiger partial charge in [0, 0.05) is 49.1 Å². The van der Waals surface area contributed by atoms with E-state index in [1.807, 2.05) is 43.1 Å². The summed E-state index contributed by atoms with van der Waals surface area (Å²) in [7, 11) is 0. The lowest BCUT2D eigenvalue weighted by Gasteiger charge is -2.32. The van der Waals surface area contributed by atoms with Crippen molar-refractivity contribution < 1.29 is 9.59 Å². The fraction of sp³-hybridized carbons (Fsp3) is 0.455. The van der Waals surface area contributed by atoms with E-state index < -0.39 is 0 Å². The summed E-state index contributed by atoms with van der Waals surface area (Å²) in [5, 5.41) is 4.05. The van der Waals surface area contributed by atoms with Crippen LogP contribution in [0.2, 0.25) is 0 Å². The van der Waals surface area contributed by atoms with Crippen LogP contribution in [0.25, 0.3) is 11.0 Å². The molecule has 0 spiro atoms. The number of hydrogen-bond acceptors (Lipinski definition) is 5. The third-order valence-electron chi connectivity index (χ3n) is 5.46. The SMILES string of the molecule is Cc1nc2ccc(C(=O)N3CCCC(CC(=O)NCCc4ncc(C)s4)C3)cc2[nH]1. The lowest BCUT2D eigenvalue weighted by molar-refractivity contribution is -0.122. The number of fused-ring (bicyclic) bond motifs is 1. The lowest BCUT2D eigenvalue weighted by atomic mass is 9.94. The number of aryl methyl sites for hydroxylation is 2. The molecule has 0 saturated carbocycles. The first-order chi connectivity index (χ1) is 14.5. The molecule has 3 heterocycles. The third-order valence-corrected chi connectivity index (χ3v) is 6.43. The zero-order chi connectivity index (χ0) is 21.1. The predicted octanol–water partition coefficient (Wildman–Crippen LogP) is 3.24. The van der Waals surface area contributed by atoms with Gasteiger partial charge in [0.2, 0.25) is 5.91 Å². The summed E-state index contributed by atoms with van der Waals surface area (Å²) in [6.45, 7) is 5.90. The summed E-state index contributed by atoms with van der Waals surface area (Å²) in [4.78, 5) is 40.3. The highest BCUT2D eigenvalue weighted by atomic mass is 32.1. The van der Waals surface area contributed by atoms with E-state index in [4.69, 9.17) is 0 Å². The highest BCUT2D eigenvalue weighted by Gasteiger charge is 2.26. The first-order valence-corrected chi connectivity index (χ1v) is 11.2. The fourth-order valence-corrected chi connectivity index (χ4v) is 4.82. The molecule has 1 aromatic carbocycles. The van der Waals surface area contributed by atoms with E-state index in [2.05, 4.69) is 20.3 Å². The van der Waals surface area contributed by atoms with Crippen molar-refractivity contribution in [1.82, 2.24) is 25.2 Å². The highest BCUT2D eigenvalue weighted by Crippen LogP contribution is 2.22. The number of piperidine rings is 1. The monoisotopic (exact) mass is 425 g/mol. The van der Waals surface area contributed by atoms with Crippen LogP contribution in [-0.4, -0.2) is 51.3 Å². The van der Waals surface area contributed by atoms with E-state index in [1.54, 1.807) is 11.3 Å². The summed E-state index contributed by atoms with van der Waals surface area (Å²) < 4.78 is 0. The molecule has 2 aromatic heterocycles. The van der Waals surface area contributed by atoms with E-state index in [0.29, 0.717) is 25.1 Å². The Kier molecular flexibility index (Phi) is 6.13. The third kappa shape index (κ3) is 4.87. The highest BCUT2D eigenvalue weighted by molar-refractivity contribution is 7.11. The number of thiazole rings is 1. The number of benzene rings is 1. The number of carbonyl (C=O) groups excluding carboxylic acids is 2. The van der Waals surface area contributed by atoms with Crippen molar-refractivity contribution >= 4 is 34.2 Å². The normalized spacial score (nSPS) is 16.7. The van der Waals surface area contributed by atoms with Crippen LogP contribution in [0.3, 0.4) is 0 Å². The van der Waals surface area contributed by atoms with Crippen LogP contribution >= 0.6 is 11.3 Å². The lowest BCUT2D eigenvalue weighted by Crippen LogP contribution is -2.41. The topological polar surface area (TPSA) is 91.0 Å². The van der Waals surface area contributed by atoms with Crippen LogP contribution in [0, 0.1) is 19.8 Å². The van der Waals surface area contributed by atoms with Gasteiger partial charge in [-0.05, 0) is 50.8 Å². The van der Waals surface area contributed by atoms with Crippen LogP contribution in [0.4, 0.5) is 0 Å². The molecule has 158 valence electrons. The summed E-state index contributed by atoms with van der Waals surface area (Å²) in [6.07, 6.45) is 4.98. The number of amides is 2. The Morgan fingerprint density at radius 2 is 2.20 bits per heavy atom. The van der Waals surface area contributed by atoms with Gasteiger partial charge in [0.1, 0.15) is 5.82 Å². The number of rotatable bonds is 6. The van der Waals surface area contributed by atoms with Crippen molar-refractivity contribution in [2.45, 2.75) is 39.5 Å². The molecule has 2 amide bonds. The van der Waals surface area contributed by atoms with Gasteiger partial charge in [-0.3, -0.25) is 9.59 Å². The maximum atomic E-state index is 13.0. The van der Waals surface area contributed by atoms with E-state index in [0.717, 1.165) is 47.7 Å². The van der Waals surface area contributed by atoms with Gasteiger partial charge in [-0.15, -0.1) is 11.3 Å². The van der Waals surface area contributed by atoms with E-state index >= 15 is 0 Å². The fourth-order valence-electron chi connectivity index (χ4n) is 4.03. The first-order valence-electron chi connectivity index (χ1n) is 10.4. The molecule has 1 aliphatic heterocycles. The number of likely N-dealkylation sites (tertiary alicyclic amines) is 1. The molecule has 0 bridgehead atoms. The van der Waals surface area contributed by atoms with Crippen molar-refractivity contribution in [3.63, 3.8) is 0 Å². The van der Waals surface area contributed by atoms with E-state index in [-0.39, 0.29) is 17.7 Å². The van der Waals surface area contributed by atoms with Crippen LogP contribution in [0.1, 0.15) is 45.3 Å². The van der Waals surface area contributed by atoms with Gasteiger partial charge in [-0.25, -0.2) is 9.97 Å². The molecule has 1 unspecified atom stereocenters. The van der Waals surface area contributed by atoms with Crippen LogP contribution in [0.5, 0.6) is 0 Å². The summed E-state index contributed by atoms with van der Waals surface area (Å²) in [6, 6.07) is 5.58. The molecule has 30 heavy (non-hydrogen) atoms. The van der Waals surface area contributed by atoms with Gasteiger partial charge in [0.05, 0.1) is 16.0 Å². The number of nitrogens with one attached hydrogen (secondary N) is 2. The van der Waals surface area contributed by atoms with Crippen molar-refractivity contribution in [3.05, 3.63) is 45.7 Å². The van der Waals surface area contributed by atoms with Gasteiger partial charge < -0.3 is 15.2 Å². The standard InChI is InChI=1S/C22H27N5O2S/c1-14-12-24-21(30-14)7-8-23-20(28)10-16-4-3-9-27(13-16)22(29)17-5-6-18-19(11-17)26-15(2)25-18/h5-6,11-12,16H,3-4,7-10,13H2,1-2H3,(H,23,28)(H,25,26). The molecule has 1 atom stereocenters. The minimum absolute atomic E-state index is 0.0217. The molecule has 1 saturated heterocycles. The summed E-state index contributed by atoms with van der Waals surface area (Å²) in [5.74, 6) is 1.11. The molecule has 0 aliphatic carbocycles. The smallest absolute Gasteiger partial charge is 0.253 e. The van der Waals surface area contributed by atoms with Crippen molar-refractivity contribution in [2.24, 2.45) is 5.92 Å². The van der Waals surface area contributed by atoms with Crippen molar-refractivity contribution in [2.75, 3.05) is 19.6 Å². The quantitative estimate of drug-likeness (QED) is 0.634. The maximum absolute atomic E-state index is 13.0. The van der Waals surface area contributed by atoms with Crippen molar-refractivity contribution in [3.8, 4) is 0 Å². The van der Waals surface area contributed by atoms with Gasteiger partial charge >= 0.3 is 0 Å². The maximum Gasteiger partial charge on any atom is 0.253 e. The van der Waals surface area contributed by atoms with Crippen LogP contribution < -0.4 is 5.32 Å². The number of nitrogens with zero attached hydrogens (tertiary/aromatic N) is 3.